The third-order valence-corrected chi connectivity index (χ3v) is 3.36. The van der Waals surface area contributed by atoms with E-state index in [1.165, 1.54) is 12.5 Å². The summed E-state index contributed by atoms with van der Waals surface area (Å²) in [7, 11) is 0. The second-order valence-corrected chi connectivity index (χ2v) is 5.56. The molecule has 0 radical (unpaired) electrons. The average molecular weight is 570 g/mol. The van der Waals surface area contributed by atoms with Gasteiger partial charge in [-0.2, -0.15) is 87.8 Å². The van der Waals surface area contributed by atoms with Crippen molar-refractivity contribution in [3.63, 3.8) is 0 Å². The van der Waals surface area contributed by atoms with Gasteiger partial charge >= 0.3 is 53.7 Å². The average Bonchev–Trinajstić information content (AvgIpc) is 2.66. The Bertz CT molecular complexity index is 778. The van der Waals surface area contributed by atoms with Gasteiger partial charge in [0.1, 0.15) is 0 Å². The van der Waals surface area contributed by atoms with Crippen LogP contribution in [0.15, 0.2) is 37.6 Å². The molecule has 0 heterocycles. The first-order chi connectivity index (χ1) is 15.0. The van der Waals surface area contributed by atoms with Gasteiger partial charge in [0, 0.05) is 0 Å². The van der Waals surface area contributed by atoms with Crippen molar-refractivity contribution < 1.29 is 92.5 Å². The molecule has 0 bridgehead atoms. The summed E-state index contributed by atoms with van der Waals surface area (Å²) < 4.78 is 255. The lowest BCUT2D eigenvalue weighted by Crippen LogP contribution is -2.74. The van der Waals surface area contributed by atoms with Crippen molar-refractivity contribution in [2.75, 3.05) is 0 Å². The van der Waals surface area contributed by atoms with Crippen LogP contribution in [0.4, 0.5) is 87.8 Å². The first kappa shape index (κ1) is 34.8. The summed E-state index contributed by atoms with van der Waals surface area (Å²) in [5, 5.41) is 0. The second-order valence-electron chi connectivity index (χ2n) is 5.56. The molecule has 0 aliphatic rings. The Hall–Kier alpha value is -2.38. The molecule has 21 heteroatoms. The Morgan fingerprint density at radius 1 is 0.457 bits per heavy atom. The summed E-state index contributed by atoms with van der Waals surface area (Å²) >= 11 is 0. The second kappa shape index (κ2) is 9.94. The fraction of sp³-hybridized carbons (Fsp3) is 0.571. The molecule has 1 nitrogen and oxygen atoms in total. The zero-order valence-electron chi connectivity index (χ0n) is 15.5. The number of hydrogen-bond donors (Lipinski definition) is 0. The van der Waals surface area contributed by atoms with E-state index in [1.54, 1.807) is 0 Å². The molecule has 35 heavy (non-hydrogen) atoms. The highest BCUT2D eigenvalue weighted by molar-refractivity contribution is 5.20. The van der Waals surface area contributed by atoms with Crippen LogP contribution in [0.2, 0.25) is 0 Å². The first-order valence-corrected chi connectivity index (χ1v) is 7.32. The van der Waals surface area contributed by atoms with E-state index in [4.69, 9.17) is 0 Å². The zero-order valence-corrected chi connectivity index (χ0v) is 15.5. The van der Waals surface area contributed by atoms with E-state index in [2.05, 4.69) is 17.9 Å². The number of rotatable bonds is 9. The summed E-state index contributed by atoms with van der Waals surface area (Å²) in [6.45, 7) is 6.51. The standard InChI is InChI=1S/C10F20.C4H6O/c11-1(2(12)13)3(14,15)4(16,17)5(18,19)6(20,21)7(22,23)8(24,25)9(26,27)10(28,29)30;1-3-5-4-2/h;3-4H,1-2H2. The summed E-state index contributed by atoms with van der Waals surface area (Å²) in [5.41, 5.74) is 0. The maximum Gasteiger partial charge on any atom is 0.460 e. The van der Waals surface area contributed by atoms with Gasteiger partial charge in [-0.15, -0.1) is 0 Å². The lowest BCUT2D eigenvalue weighted by molar-refractivity contribution is -0.460. The molecular weight excluding hydrogens is 564 g/mol. The minimum absolute atomic E-state index is 1.31. The van der Waals surface area contributed by atoms with Crippen LogP contribution in [0, 0.1) is 0 Å². The Kier molecular flexibility index (Phi) is 9.88. The van der Waals surface area contributed by atoms with Crippen molar-refractivity contribution in [2.45, 2.75) is 47.6 Å². The number of halogens is 20. The Morgan fingerprint density at radius 2 is 0.714 bits per heavy atom. The van der Waals surface area contributed by atoms with Crippen LogP contribution >= 0.6 is 0 Å². The van der Waals surface area contributed by atoms with Crippen molar-refractivity contribution in [3.8, 4) is 0 Å². The normalized spacial score (nSPS) is 14.5. The Labute approximate surface area is 179 Å². The molecule has 0 amide bonds. The van der Waals surface area contributed by atoms with E-state index in [9.17, 15) is 87.8 Å². The van der Waals surface area contributed by atoms with E-state index in [-0.39, 0.29) is 0 Å². The van der Waals surface area contributed by atoms with Crippen molar-refractivity contribution in [2.24, 2.45) is 0 Å². The largest absolute Gasteiger partial charge is 0.474 e. The highest BCUT2D eigenvalue weighted by Gasteiger charge is 2.95. The van der Waals surface area contributed by atoms with Gasteiger partial charge in [-0.25, -0.2) is 0 Å². The number of alkyl halides is 17. The molecule has 0 aromatic heterocycles. The molecule has 0 fully saturated rings. The summed E-state index contributed by atoms with van der Waals surface area (Å²) in [6.07, 6.45) is -9.91. The van der Waals surface area contributed by atoms with Gasteiger partial charge in [0.2, 0.25) is 5.83 Å². The molecule has 0 spiro atoms. The van der Waals surface area contributed by atoms with Crippen molar-refractivity contribution in [3.05, 3.63) is 37.6 Å². The van der Waals surface area contributed by atoms with E-state index in [1.807, 2.05) is 0 Å². The molecule has 0 unspecified atom stereocenters. The smallest absolute Gasteiger partial charge is 0.460 e. The maximum atomic E-state index is 13.1. The van der Waals surface area contributed by atoms with E-state index in [0.29, 0.717) is 0 Å². The SMILES string of the molecule is C=COC=C.FC(F)=C(F)C(F)(F)C(F)(F)C(F)(F)C(F)(F)C(F)(F)C(F)(F)C(F)(F)C(F)(F)F. The summed E-state index contributed by atoms with van der Waals surface area (Å²) in [4.78, 5) is 0. The molecule has 0 rings (SSSR count). The molecule has 0 aliphatic heterocycles. The van der Waals surface area contributed by atoms with E-state index in [0.717, 1.165) is 0 Å². The lowest BCUT2D eigenvalue weighted by atomic mass is 9.89. The fourth-order valence-corrected chi connectivity index (χ4v) is 1.49. The molecule has 0 saturated carbocycles. The minimum atomic E-state index is -8.95. The molecule has 0 aliphatic carbocycles. The van der Waals surface area contributed by atoms with Crippen LogP contribution in [-0.2, 0) is 4.74 Å². The fourth-order valence-electron chi connectivity index (χ4n) is 1.49. The van der Waals surface area contributed by atoms with Gasteiger partial charge in [0.25, 0.3) is 0 Å². The maximum absolute atomic E-state index is 13.1. The first-order valence-electron chi connectivity index (χ1n) is 7.32. The van der Waals surface area contributed by atoms with Gasteiger partial charge in [-0.3, -0.25) is 0 Å². The number of allylic oxidation sites excluding steroid dienone is 1. The van der Waals surface area contributed by atoms with Gasteiger partial charge in [0.05, 0.1) is 12.5 Å². The lowest BCUT2D eigenvalue weighted by Gasteiger charge is -2.42. The van der Waals surface area contributed by atoms with Gasteiger partial charge in [0.15, 0.2) is 0 Å². The van der Waals surface area contributed by atoms with Crippen molar-refractivity contribution in [1.82, 2.24) is 0 Å². The van der Waals surface area contributed by atoms with Crippen LogP contribution in [0.3, 0.4) is 0 Å². The molecule has 208 valence electrons. The topological polar surface area (TPSA) is 9.23 Å². The van der Waals surface area contributed by atoms with Gasteiger partial charge < -0.3 is 4.74 Å². The molecule has 0 aromatic carbocycles. The van der Waals surface area contributed by atoms with Crippen LogP contribution in [-0.4, -0.2) is 47.6 Å². The monoisotopic (exact) mass is 570 g/mol. The molecule has 0 saturated heterocycles. The van der Waals surface area contributed by atoms with Crippen LogP contribution in [0.25, 0.3) is 0 Å². The predicted molar refractivity (Wildman–Crippen MR) is 72.5 cm³/mol. The molecule has 0 atom stereocenters. The third kappa shape index (κ3) is 5.26. The van der Waals surface area contributed by atoms with Crippen molar-refractivity contribution >= 4 is 0 Å². The summed E-state index contributed by atoms with van der Waals surface area (Å²) in [6, 6.07) is 0. The van der Waals surface area contributed by atoms with Crippen LogP contribution in [0.1, 0.15) is 0 Å². The number of hydrogen-bond acceptors (Lipinski definition) is 1. The van der Waals surface area contributed by atoms with E-state index < -0.39 is 59.5 Å². The van der Waals surface area contributed by atoms with E-state index >= 15 is 0 Å². The summed E-state index contributed by atoms with van der Waals surface area (Å²) in [5.74, 6) is -65.1. The quantitative estimate of drug-likeness (QED) is 0.200. The van der Waals surface area contributed by atoms with Crippen LogP contribution in [0.5, 0.6) is 0 Å². The Morgan fingerprint density at radius 3 is 0.914 bits per heavy atom. The molecule has 0 aromatic rings. The molecular formula is C14H6F20O. The highest BCUT2D eigenvalue weighted by atomic mass is 19.4. The predicted octanol–water partition coefficient (Wildman–Crippen LogP) is 8.36. The number of ether oxygens (including phenoxy) is 1. The molecule has 0 N–H and O–H groups in total. The zero-order chi connectivity index (χ0) is 29.3. The highest BCUT2D eigenvalue weighted by Crippen LogP contribution is 2.64. The Balaban J connectivity index is 0. The minimum Gasteiger partial charge on any atom is -0.474 e. The van der Waals surface area contributed by atoms with Gasteiger partial charge in [-0.05, 0) is 0 Å². The third-order valence-electron chi connectivity index (χ3n) is 3.36. The van der Waals surface area contributed by atoms with Gasteiger partial charge in [-0.1, -0.05) is 13.2 Å². The van der Waals surface area contributed by atoms with Crippen molar-refractivity contribution in [1.29, 1.82) is 0 Å². The van der Waals surface area contributed by atoms with Crippen LogP contribution < -0.4 is 0 Å².